The third-order valence-corrected chi connectivity index (χ3v) is 2.37. The minimum absolute atomic E-state index is 0.0661. The van der Waals surface area contributed by atoms with Gasteiger partial charge < -0.3 is 10.6 Å². The van der Waals surface area contributed by atoms with Gasteiger partial charge in [0.25, 0.3) is 0 Å². The van der Waals surface area contributed by atoms with Crippen LogP contribution in [0.25, 0.3) is 0 Å². The van der Waals surface area contributed by atoms with Crippen molar-refractivity contribution in [1.82, 2.24) is 4.90 Å². The third-order valence-electron chi connectivity index (χ3n) is 2.37. The smallest absolute Gasteiger partial charge is 0.126 e. The summed E-state index contributed by atoms with van der Waals surface area (Å²) in [5, 5.41) is 0. The van der Waals surface area contributed by atoms with E-state index in [4.69, 9.17) is 5.73 Å². The largest absolute Gasteiger partial charge is 0.327 e. The topological polar surface area (TPSA) is 29.3 Å². The third kappa shape index (κ3) is 4.68. The minimum atomic E-state index is -0.546. The van der Waals surface area contributed by atoms with Crippen molar-refractivity contribution in [2.24, 2.45) is 5.73 Å². The molecule has 4 heteroatoms. The van der Waals surface area contributed by atoms with Crippen LogP contribution in [0.1, 0.15) is 12.0 Å². The molecule has 0 spiro atoms. The number of benzene rings is 1. The number of halogens is 2. The predicted octanol–water partition coefficient (Wildman–Crippen LogP) is 1.79. The maximum Gasteiger partial charge on any atom is 0.126 e. The normalized spacial score (nSPS) is 13.1. The molecule has 1 atom stereocenters. The van der Waals surface area contributed by atoms with Crippen LogP contribution in [0.3, 0.4) is 0 Å². The van der Waals surface area contributed by atoms with Gasteiger partial charge in [0.05, 0.1) is 0 Å². The lowest BCUT2D eigenvalue weighted by molar-refractivity contribution is 0.379. The number of hydrogen-bond donors (Lipinski definition) is 1. The first-order valence-electron chi connectivity index (χ1n) is 5.32. The van der Waals surface area contributed by atoms with E-state index in [1.54, 1.807) is 0 Å². The van der Waals surface area contributed by atoms with Gasteiger partial charge in [-0.2, -0.15) is 0 Å². The second-order valence-corrected chi connectivity index (χ2v) is 4.33. The molecule has 0 saturated carbocycles. The van der Waals surface area contributed by atoms with Crippen LogP contribution in [-0.4, -0.2) is 31.6 Å². The molecule has 0 aromatic heterocycles. The van der Waals surface area contributed by atoms with E-state index in [0.717, 1.165) is 19.0 Å². The first kappa shape index (κ1) is 13.1. The first-order chi connectivity index (χ1) is 7.47. The Hall–Kier alpha value is -1.00. The zero-order valence-corrected chi connectivity index (χ0v) is 9.71. The van der Waals surface area contributed by atoms with E-state index in [2.05, 4.69) is 0 Å². The fourth-order valence-corrected chi connectivity index (χ4v) is 1.56. The summed E-state index contributed by atoms with van der Waals surface area (Å²) in [6, 6.07) is 3.47. The van der Waals surface area contributed by atoms with Gasteiger partial charge in [-0.3, -0.25) is 0 Å². The number of nitrogens with two attached hydrogens (primary N) is 1. The lowest BCUT2D eigenvalue weighted by Gasteiger charge is -2.15. The summed E-state index contributed by atoms with van der Waals surface area (Å²) in [7, 11) is 3.93. The molecule has 16 heavy (non-hydrogen) atoms. The van der Waals surface area contributed by atoms with Crippen molar-refractivity contribution < 1.29 is 8.78 Å². The van der Waals surface area contributed by atoms with Gasteiger partial charge in [-0.1, -0.05) is 0 Å². The average molecular weight is 228 g/mol. The van der Waals surface area contributed by atoms with E-state index in [1.165, 1.54) is 12.1 Å². The van der Waals surface area contributed by atoms with Crippen molar-refractivity contribution in [3.63, 3.8) is 0 Å². The Labute approximate surface area is 95.1 Å². The van der Waals surface area contributed by atoms with Crippen LogP contribution in [-0.2, 0) is 6.42 Å². The van der Waals surface area contributed by atoms with E-state index < -0.39 is 11.6 Å². The van der Waals surface area contributed by atoms with E-state index in [0.29, 0.717) is 12.0 Å². The molecule has 0 radical (unpaired) electrons. The molecule has 1 rings (SSSR count). The van der Waals surface area contributed by atoms with Crippen molar-refractivity contribution in [3.05, 3.63) is 35.4 Å². The Bertz CT molecular complexity index is 320. The molecule has 0 saturated heterocycles. The SMILES string of the molecule is CN(C)CCC(N)Cc1cc(F)cc(F)c1. The lowest BCUT2D eigenvalue weighted by Crippen LogP contribution is -2.28. The van der Waals surface area contributed by atoms with Gasteiger partial charge in [0, 0.05) is 12.1 Å². The highest BCUT2D eigenvalue weighted by molar-refractivity contribution is 5.18. The van der Waals surface area contributed by atoms with Gasteiger partial charge >= 0.3 is 0 Å². The Morgan fingerprint density at radius 2 is 1.75 bits per heavy atom. The summed E-state index contributed by atoms with van der Waals surface area (Å²) in [5.74, 6) is -1.09. The summed E-state index contributed by atoms with van der Waals surface area (Å²) < 4.78 is 25.8. The van der Waals surface area contributed by atoms with Crippen LogP contribution in [0.4, 0.5) is 8.78 Å². The Morgan fingerprint density at radius 3 is 2.25 bits per heavy atom. The predicted molar refractivity (Wildman–Crippen MR) is 61.2 cm³/mol. The van der Waals surface area contributed by atoms with Crippen LogP contribution in [0.15, 0.2) is 18.2 Å². The average Bonchev–Trinajstić information content (AvgIpc) is 2.12. The summed E-state index contributed by atoms with van der Waals surface area (Å²) in [6.07, 6.45) is 1.31. The van der Waals surface area contributed by atoms with E-state index in [-0.39, 0.29) is 6.04 Å². The maximum atomic E-state index is 12.9. The molecule has 0 aliphatic heterocycles. The molecule has 90 valence electrons. The van der Waals surface area contributed by atoms with Gasteiger partial charge in [0.2, 0.25) is 0 Å². The molecule has 0 aliphatic rings. The number of hydrogen-bond acceptors (Lipinski definition) is 2. The summed E-state index contributed by atoms with van der Waals surface area (Å²) in [6.45, 7) is 0.874. The summed E-state index contributed by atoms with van der Waals surface area (Å²) >= 11 is 0. The zero-order chi connectivity index (χ0) is 12.1. The number of rotatable bonds is 5. The van der Waals surface area contributed by atoms with Crippen LogP contribution in [0, 0.1) is 11.6 Å². The molecule has 1 aromatic carbocycles. The molecule has 1 aromatic rings. The standard InChI is InChI=1S/C12H18F2N2/c1-16(2)4-3-12(15)7-9-5-10(13)8-11(14)6-9/h5-6,8,12H,3-4,7,15H2,1-2H3. The summed E-state index contributed by atoms with van der Waals surface area (Å²) in [4.78, 5) is 2.03. The molecule has 2 nitrogen and oxygen atoms in total. The van der Waals surface area contributed by atoms with Crippen LogP contribution in [0.2, 0.25) is 0 Å². The monoisotopic (exact) mass is 228 g/mol. The van der Waals surface area contributed by atoms with Gasteiger partial charge in [-0.05, 0) is 51.2 Å². The highest BCUT2D eigenvalue weighted by atomic mass is 19.1. The Balaban J connectivity index is 2.52. The first-order valence-corrected chi connectivity index (χ1v) is 5.32. The van der Waals surface area contributed by atoms with Gasteiger partial charge in [-0.15, -0.1) is 0 Å². The van der Waals surface area contributed by atoms with Crippen molar-refractivity contribution >= 4 is 0 Å². The van der Waals surface area contributed by atoms with Crippen LogP contribution >= 0.6 is 0 Å². The molecule has 0 bridgehead atoms. The van der Waals surface area contributed by atoms with Crippen LogP contribution in [0.5, 0.6) is 0 Å². The van der Waals surface area contributed by atoms with Crippen molar-refractivity contribution in [2.75, 3.05) is 20.6 Å². The maximum absolute atomic E-state index is 12.9. The minimum Gasteiger partial charge on any atom is -0.327 e. The molecule has 2 N–H and O–H groups in total. The fourth-order valence-electron chi connectivity index (χ4n) is 1.56. The molecule has 1 unspecified atom stereocenters. The molecular formula is C12H18F2N2. The Kier molecular flexibility index (Phi) is 4.83. The van der Waals surface area contributed by atoms with E-state index in [1.807, 2.05) is 19.0 Å². The summed E-state index contributed by atoms with van der Waals surface area (Å²) in [5.41, 5.74) is 6.50. The van der Waals surface area contributed by atoms with Gasteiger partial charge in [0.1, 0.15) is 11.6 Å². The van der Waals surface area contributed by atoms with Crippen molar-refractivity contribution in [1.29, 1.82) is 0 Å². The Morgan fingerprint density at radius 1 is 1.19 bits per heavy atom. The molecule has 0 heterocycles. The quantitative estimate of drug-likeness (QED) is 0.832. The molecule has 0 fully saturated rings. The van der Waals surface area contributed by atoms with Gasteiger partial charge in [0.15, 0.2) is 0 Å². The second-order valence-electron chi connectivity index (χ2n) is 4.33. The van der Waals surface area contributed by atoms with Crippen LogP contribution < -0.4 is 5.73 Å². The fraction of sp³-hybridized carbons (Fsp3) is 0.500. The molecule has 0 amide bonds. The number of nitrogens with zero attached hydrogens (tertiary/aromatic N) is 1. The van der Waals surface area contributed by atoms with Gasteiger partial charge in [-0.25, -0.2) is 8.78 Å². The van der Waals surface area contributed by atoms with E-state index >= 15 is 0 Å². The van der Waals surface area contributed by atoms with E-state index in [9.17, 15) is 8.78 Å². The van der Waals surface area contributed by atoms with Crippen molar-refractivity contribution in [3.8, 4) is 0 Å². The van der Waals surface area contributed by atoms with Crippen molar-refractivity contribution in [2.45, 2.75) is 18.9 Å². The molecular weight excluding hydrogens is 210 g/mol. The highest BCUT2D eigenvalue weighted by Gasteiger charge is 2.07. The molecule has 0 aliphatic carbocycles. The lowest BCUT2D eigenvalue weighted by atomic mass is 10.0. The zero-order valence-electron chi connectivity index (χ0n) is 9.71. The highest BCUT2D eigenvalue weighted by Crippen LogP contribution is 2.10. The second kappa shape index (κ2) is 5.92.